The Morgan fingerprint density at radius 1 is 1.25 bits per heavy atom. The van der Waals surface area contributed by atoms with Crippen molar-refractivity contribution in [2.75, 3.05) is 6.54 Å². The van der Waals surface area contributed by atoms with E-state index in [2.05, 4.69) is 15.3 Å². The van der Waals surface area contributed by atoms with Crippen LogP contribution in [0.3, 0.4) is 0 Å². The van der Waals surface area contributed by atoms with Gasteiger partial charge >= 0.3 is 6.18 Å². The highest BCUT2D eigenvalue weighted by atomic mass is 35.5. The number of halogens is 4. The molecular weight excluding hydrogens is 295 g/mol. The third kappa shape index (κ3) is 2.64. The van der Waals surface area contributed by atoms with Gasteiger partial charge in [-0.1, -0.05) is 0 Å². The summed E-state index contributed by atoms with van der Waals surface area (Å²) in [4.78, 5) is 7.80. The molecule has 1 aliphatic rings. The molecule has 0 radical (unpaired) electrons. The van der Waals surface area contributed by atoms with Crippen molar-refractivity contribution in [2.24, 2.45) is 0 Å². The highest BCUT2D eigenvalue weighted by molar-refractivity contribution is 5.85. The molecule has 4 nitrogen and oxygen atoms in total. The molecule has 0 amide bonds. The van der Waals surface area contributed by atoms with Crippen LogP contribution in [0, 0.1) is 0 Å². The molecule has 108 valence electrons. The van der Waals surface area contributed by atoms with Crippen LogP contribution in [0.2, 0.25) is 0 Å². The third-order valence-electron chi connectivity index (χ3n) is 2.95. The maximum atomic E-state index is 13.1. The van der Waals surface area contributed by atoms with Crippen LogP contribution in [0.5, 0.6) is 0 Å². The van der Waals surface area contributed by atoms with E-state index < -0.39 is 11.9 Å². The van der Waals surface area contributed by atoms with Crippen LogP contribution in [-0.4, -0.2) is 16.5 Å². The first-order chi connectivity index (χ1) is 9.05. The van der Waals surface area contributed by atoms with Crippen molar-refractivity contribution in [2.45, 2.75) is 19.1 Å². The molecule has 1 aliphatic heterocycles. The number of nitrogens with one attached hydrogen (secondary N) is 1. The second-order valence-corrected chi connectivity index (χ2v) is 4.22. The fourth-order valence-corrected chi connectivity index (χ4v) is 2.11. The van der Waals surface area contributed by atoms with Crippen molar-refractivity contribution >= 4 is 12.4 Å². The molecule has 8 heteroatoms. The van der Waals surface area contributed by atoms with Gasteiger partial charge in [-0.25, -0.2) is 9.97 Å². The first kappa shape index (κ1) is 14.8. The second kappa shape index (κ2) is 5.41. The van der Waals surface area contributed by atoms with Gasteiger partial charge in [0.2, 0.25) is 0 Å². The van der Waals surface area contributed by atoms with E-state index in [0.29, 0.717) is 18.8 Å². The lowest BCUT2D eigenvalue weighted by molar-refractivity contribution is -0.142. The van der Waals surface area contributed by atoms with Gasteiger partial charge in [0.25, 0.3) is 0 Å². The van der Waals surface area contributed by atoms with E-state index in [0.717, 1.165) is 0 Å². The van der Waals surface area contributed by atoms with Gasteiger partial charge in [-0.05, 0) is 25.1 Å². The molecule has 2 aromatic rings. The van der Waals surface area contributed by atoms with E-state index in [4.69, 9.17) is 4.42 Å². The Morgan fingerprint density at radius 3 is 2.70 bits per heavy atom. The van der Waals surface area contributed by atoms with Crippen molar-refractivity contribution in [3.05, 3.63) is 35.3 Å². The van der Waals surface area contributed by atoms with Gasteiger partial charge in [0, 0.05) is 12.1 Å². The Balaban J connectivity index is 0.00000147. The van der Waals surface area contributed by atoms with Gasteiger partial charge in [-0.3, -0.25) is 0 Å². The predicted octanol–water partition coefficient (Wildman–Crippen LogP) is 2.82. The number of fused-ring (bicyclic) bond motifs is 1. The highest BCUT2D eigenvalue weighted by Crippen LogP contribution is 2.34. The summed E-state index contributed by atoms with van der Waals surface area (Å²) in [6, 6.07) is 3.13. The average Bonchev–Trinajstić information content (AvgIpc) is 2.90. The number of furan rings is 1. The summed E-state index contributed by atoms with van der Waals surface area (Å²) in [5.41, 5.74) is -0.285. The van der Waals surface area contributed by atoms with Crippen molar-refractivity contribution in [3.8, 4) is 11.6 Å². The van der Waals surface area contributed by atoms with Gasteiger partial charge in [-0.15, -0.1) is 12.4 Å². The van der Waals surface area contributed by atoms with Crippen molar-refractivity contribution in [3.63, 3.8) is 0 Å². The quantitative estimate of drug-likeness (QED) is 0.880. The van der Waals surface area contributed by atoms with E-state index in [9.17, 15) is 13.2 Å². The monoisotopic (exact) mass is 305 g/mol. The van der Waals surface area contributed by atoms with Crippen molar-refractivity contribution in [1.82, 2.24) is 15.3 Å². The summed E-state index contributed by atoms with van der Waals surface area (Å²) < 4.78 is 44.2. The van der Waals surface area contributed by atoms with E-state index in [1.54, 1.807) is 6.07 Å². The molecule has 20 heavy (non-hydrogen) atoms. The molecule has 3 heterocycles. The molecule has 0 fully saturated rings. The Morgan fingerprint density at radius 2 is 2.05 bits per heavy atom. The van der Waals surface area contributed by atoms with Gasteiger partial charge in [0.05, 0.1) is 12.0 Å². The summed E-state index contributed by atoms with van der Waals surface area (Å²) in [6.07, 6.45) is -2.82. The van der Waals surface area contributed by atoms with Crippen LogP contribution in [-0.2, 0) is 19.1 Å². The smallest absolute Gasteiger partial charge is 0.433 e. The summed E-state index contributed by atoms with van der Waals surface area (Å²) in [6.45, 7) is 0.814. The highest BCUT2D eigenvalue weighted by Gasteiger charge is 2.38. The van der Waals surface area contributed by atoms with Crippen LogP contribution in [0.4, 0.5) is 13.2 Å². The molecule has 2 aromatic heterocycles. The Hall–Kier alpha value is -1.60. The predicted molar refractivity (Wildman–Crippen MR) is 67.4 cm³/mol. The molecule has 0 saturated carbocycles. The summed E-state index contributed by atoms with van der Waals surface area (Å²) in [5, 5.41) is 3.00. The fraction of sp³-hybridized carbons (Fsp3) is 0.333. The Labute approximate surface area is 118 Å². The number of hydrogen-bond acceptors (Lipinski definition) is 4. The Bertz CT molecular complexity index is 599. The lowest BCUT2D eigenvalue weighted by atomic mass is 10.0. The largest absolute Gasteiger partial charge is 0.461 e. The zero-order valence-electron chi connectivity index (χ0n) is 10.2. The first-order valence-corrected chi connectivity index (χ1v) is 5.77. The number of nitrogens with zero attached hydrogens (tertiary/aromatic N) is 2. The zero-order chi connectivity index (χ0) is 13.5. The molecule has 0 atom stereocenters. The minimum Gasteiger partial charge on any atom is -0.461 e. The zero-order valence-corrected chi connectivity index (χ0v) is 11.0. The van der Waals surface area contributed by atoms with Crippen molar-refractivity contribution in [1.29, 1.82) is 0 Å². The lowest BCUT2D eigenvalue weighted by Crippen LogP contribution is -2.28. The maximum Gasteiger partial charge on any atom is 0.433 e. The minimum absolute atomic E-state index is 0. The molecular formula is C12H11ClF3N3O. The van der Waals surface area contributed by atoms with Crippen LogP contribution in [0.25, 0.3) is 11.6 Å². The summed E-state index contributed by atoms with van der Waals surface area (Å²) in [7, 11) is 0. The second-order valence-electron chi connectivity index (χ2n) is 4.22. The van der Waals surface area contributed by atoms with E-state index in [-0.39, 0.29) is 36.0 Å². The lowest BCUT2D eigenvalue weighted by Gasteiger charge is -2.20. The van der Waals surface area contributed by atoms with Gasteiger partial charge in [0.1, 0.15) is 0 Å². The molecule has 1 N–H and O–H groups in total. The van der Waals surface area contributed by atoms with Crippen LogP contribution >= 0.6 is 12.4 Å². The molecule has 0 unspecified atom stereocenters. The van der Waals surface area contributed by atoms with E-state index >= 15 is 0 Å². The van der Waals surface area contributed by atoms with Crippen molar-refractivity contribution < 1.29 is 17.6 Å². The number of rotatable bonds is 1. The molecule has 0 aliphatic carbocycles. The normalized spacial score (nSPS) is 14.6. The fourth-order valence-electron chi connectivity index (χ4n) is 2.11. The number of alkyl halides is 3. The topological polar surface area (TPSA) is 51.0 Å². The average molecular weight is 306 g/mol. The Kier molecular flexibility index (Phi) is 4.01. The molecule has 0 aromatic carbocycles. The molecule has 0 spiro atoms. The maximum absolute atomic E-state index is 13.1. The minimum atomic E-state index is -4.48. The molecule has 0 saturated heterocycles. The molecule has 0 bridgehead atoms. The van der Waals surface area contributed by atoms with E-state index in [1.165, 1.54) is 12.3 Å². The molecule has 3 rings (SSSR count). The summed E-state index contributed by atoms with van der Waals surface area (Å²) >= 11 is 0. The number of hydrogen-bond donors (Lipinski definition) is 1. The van der Waals surface area contributed by atoms with Gasteiger partial charge in [0.15, 0.2) is 17.3 Å². The SMILES string of the molecule is Cl.FC(F)(F)c1nc(-c2ccco2)nc2c1CCNC2. The van der Waals surface area contributed by atoms with E-state index in [1.807, 2.05) is 0 Å². The van der Waals surface area contributed by atoms with Gasteiger partial charge in [-0.2, -0.15) is 13.2 Å². The van der Waals surface area contributed by atoms with Gasteiger partial charge < -0.3 is 9.73 Å². The van der Waals surface area contributed by atoms with Crippen LogP contribution in [0.15, 0.2) is 22.8 Å². The first-order valence-electron chi connectivity index (χ1n) is 5.77. The van der Waals surface area contributed by atoms with Crippen LogP contribution in [0.1, 0.15) is 17.0 Å². The standard InChI is InChI=1S/C12H10F3N3O.ClH/c13-12(14,15)10-7-3-4-16-6-8(7)17-11(18-10)9-2-1-5-19-9;/h1-2,5,16H,3-4,6H2;1H. The summed E-state index contributed by atoms with van der Waals surface area (Å²) in [5.74, 6) is 0.207. The number of aromatic nitrogens is 2. The van der Waals surface area contributed by atoms with Crippen LogP contribution < -0.4 is 5.32 Å². The third-order valence-corrected chi connectivity index (χ3v) is 2.95.